The first kappa shape index (κ1) is 19.3. The van der Waals surface area contributed by atoms with Crippen LogP contribution < -0.4 is 20.5 Å². The number of fused-ring (bicyclic) bond motifs is 1. The predicted octanol–water partition coefficient (Wildman–Crippen LogP) is 1.83. The van der Waals surface area contributed by atoms with E-state index in [1.54, 1.807) is 6.07 Å². The van der Waals surface area contributed by atoms with E-state index < -0.39 is 0 Å². The standard InChI is InChI=1S/C21H31N3O4/c1-14-10-17(19-20(18(14)22)28-9-8-27-19)21(25)23-11-15-2-5-24(6-3-15)12-16-4-7-26-13-16/h10,15-16H,2-9,11-13,22H2,1H3,(H,23,25). The van der Waals surface area contributed by atoms with E-state index in [2.05, 4.69) is 10.2 Å². The van der Waals surface area contributed by atoms with Gasteiger partial charge in [0.1, 0.15) is 13.2 Å². The highest BCUT2D eigenvalue weighted by Crippen LogP contribution is 2.41. The van der Waals surface area contributed by atoms with Crippen LogP contribution >= 0.6 is 0 Å². The Hall–Kier alpha value is -1.99. The van der Waals surface area contributed by atoms with Gasteiger partial charge in [-0.05, 0) is 62.7 Å². The molecule has 7 heteroatoms. The van der Waals surface area contributed by atoms with Gasteiger partial charge in [-0.2, -0.15) is 0 Å². The molecule has 7 nitrogen and oxygen atoms in total. The van der Waals surface area contributed by atoms with Gasteiger partial charge in [0.05, 0.1) is 17.9 Å². The lowest BCUT2D eigenvalue weighted by atomic mass is 9.95. The first-order valence-electron chi connectivity index (χ1n) is 10.4. The number of hydrogen-bond acceptors (Lipinski definition) is 6. The lowest BCUT2D eigenvalue weighted by Crippen LogP contribution is -2.40. The molecule has 1 atom stereocenters. The van der Waals surface area contributed by atoms with Gasteiger partial charge in [0, 0.05) is 19.7 Å². The topological polar surface area (TPSA) is 86.1 Å². The summed E-state index contributed by atoms with van der Waals surface area (Å²) in [5, 5.41) is 3.10. The van der Waals surface area contributed by atoms with Gasteiger partial charge in [0.2, 0.25) is 0 Å². The van der Waals surface area contributed by atoms with Crippen molar-refractivity contribution in [2.75, 3.05) is 58.3 Å². The molecule has 4 rings (SSSR count). The predicted molar refractivity (Wildman–Crippen MR) is 107 cm³/mol. The third-order valence-electron chi connectivity index (χ3n) is 6.10. The second kappa shape index (κ2) is 8.57. The van der Waals surface area contributed by atoms with Crippen molar-refractivity contribution in [3.63, 3.8) is 0 Å². The average molecular weight is 389 g/mol. The lowest BCUT2D eigenvalue weighted by molar-refractivity contribution is 0.0921. The van der Waals surface area contributed by atoms with Crippen LogP contribution in [0.2, 0.25) is 0 Å². The number of rotatable bonds is 5. The molecule has 3 N–H and O–H groups in total. The fraction of sp³-hybridized carbons (Fsp3) is 0.667. The molecule has 0 aliphatic carbocycles. The summed E-state index contributed by atoms with van der Waals surface area (Å²) in [6.45, 7) is 8.63. The number of hydrogen-bond donors (Lipinski definition) is 2. The van der Waals surface area contributed by atoms with Crippen molar-refractivity contribution in [3.05, 3.63) is 17.2 Å². The molecule has 0 saturated carbocycles. The normalized spacial score (nSPS) is 23.0. The van der Waals surface area contributed by atoms with Crippen molar-refractivity contribution in [2.24, 2.45) is 11.8 Å². The van der Waals surface area contributed by atoms with Crippen LogP contribution in [0.5, 0.6) is 11.5 Å². The number of nitrogens with two attached hydrogens (primary N) is 1. The van der Waals surface area contributed by atoms with E-state index in [9.17, 15) is 4.79 Å². The molecule has 0 aromatic heterocycles. The third-order valence-corrected chi connectivity index (χ3v) is 6.10. The number of carbonyl (C=O) groups is 1. The van der Waals surface area contributed by atoms with Gasteiger partial charge >= 0.3 is 0 Å². The summed E-state index contributed by atoms with van der Waals surface area (Å²) in [5.74, 6) is 2.07. The minimum atomic E-state index is -0.115. The quantitative estimate of drug-likeness (QED) is 0.748. The van der Waals surface area contributed by atoms with Crippen molar-refractivity contribution in [1.29, 1.82) is 0 Å². The minimum absolute atomic E-state index is 0.115. The molecule has 0 radical (unpaired) electrons. The summed E-state index contributed by atoms with van der Waals surface area (Å²) in [5.41, 5.74) is 7.98. The zero-order chi connectivity index (χ0) is 19.5. The Labute approximate surface area is 166 Å². The second-order valence-electron chi connectivity index (χ2n) is 8.19. The lowest BCUT2D eigenvalue weighted by Gasteiger charge is -2.33. The fourth-order valence-corrected chi connectivity index (χ4v) is 4.32. The number of benzene rings is 1. The van der Waals surface area contributed by atoms with Crippen molar-refractivity contribution < 1.29 is 19.0 Å². The Balaban J connectivity index is 1.30. The summed E-state index contributed by atoms with van der Waals surface area (Å²) in [6.07, 6.45) is 3.42. The van der Waals surface area contributed by atoms with Crippen molar-refractivity contribution in [3.8, 4) is 11.5 Å². The molecule has 1 aromatic carbocycles. The summed E-state index contributed by atoms with van der Waals surface area (Å²) in [7, 11) is 0. The zero-order valence-corrected chi connectivity index (χ0v) is 16.7. The molecular weight excluding hydrogens is 358 g/mol. The van der Waals surface area contributed by atoms with Crippen molar-refractivity contribution in [1.82, 2.24) is 10.2 Å². The Bertz CT molecular complexity index is 710. The number of nitrogens with one attached hydrogen (secondary N) is 1. The molecular formula is C21H31N3O4. The van der Waals surface area contributed by atoms with Crippen LogP contribution in [0.4, 0.5) is 5.69 Å². The molecule has 1 aromatic rings. The van der Waals surface area contributed by atoms with Gasteiger partial charge in [-0.15, -0.1) is 0 Å². The smallest absolute Gasteiger partial charge is 0.255 e. The molecule has 1 unspecified atom stereocenters. The largest absolute Gasteiger partial charge is 0.485 e. The summed E-state index contributed by atoms with van der Waals surface area (Å²) in [6, 6.07) is 1.80. The van der Waals surface area contributed by atoms with E-state index in [1.165, 1.54) is 6.42 Å². The highest BCUT2D eigenvalue weighted by Gasteiger charge is 2.27. The Morgan fingerprint density at radius 3 is 2.61 bits per heavy atom. The Morgan fingerprint density at radius 2 is 1.89 bits per heavy atom. The van der Waals surface area contributed by atoms with E-state index >= 15 is 0 Å². The first-order valence-corrected chi connectivity index (χ1v) is 10.4. The van der Waals surface area contributed by atoms with Gasteiger partial charge in [-0.1, -0.05) is 0 Å². The van der Waals surface area contributed by atoms with Gasteiger partial charge in [-0.3, -0.25) is 4.79 Å². The monoisotopic (exact) mass is 389 g/mol. The van der Waals surface area contributed by atoms with Crippen LogP contribution in [0, 0.1) is 18.8 Å². The highest BCUT2D eigenvalue weighted by atomic mass is 16.6. The molecule has 1 amide bonds. The van der Waals surface area contributed by atoms with Crippen molar-refractivity contribution >= 4 is 11.6 Å². The summed E-state index contributed by atoms with van der Waals surface area (Å²) >= 11 is 0. The van der Waals surface area contributed by atoms with Crippen LogP contribution in [-0.2, 0) is 4.74 Å². The maximum Gasteiger partial charge on any atom is 0.255 e. The maximum atomic E-state index is 12.8. The zero-order valence-electron chi connectivity index (χ0n) is 16.7. The van der Waals surface area contributed by atoms with E-state index in [-0.39, 0.29) is 5.91 Å². The average Bonchev–Trinajstić information content (AvgIpc) is 3.23. The van der Waals surface area contributed by atoms with Crippen molar-refractivity contribution in [2.45, 2.75) is 26.2 Å². The molecule has 3 heterocycles. The Morgan fingerprint density at radius 1 is 1.14 bits per heavy atom. The van der Waals surface area contributed by atoms with Gasteiger partial charge in [0.15, 0.2) is 11.5 Å². The number of piperidine rings is 1. The number of aryl methyl sites for hydroxylation is 1. The molecule has 3 aliphatic heterocycles. The van der Waals surface area contributed by atoms with Gasteiger partial charge in [-0.25, -0.2) is 0 Å². The first-order chi connectivity index (χ1) is 13.6. The Kier molecular flexibility index (Phi) is 5.92. The number of amides is 1. The summed E-state index contributed by atoms with van der Waals surface area (Å²) < 4.78 is 16.8. The molecule has 0 bridgehead atoms. The second-order valence-corrected chi connectivity index (χ2v) is 8.19. The number of carbonyl (C=O) groups excluding carboxylic acids is 1. The van der Waals surface area contributed by atoms with Crippen LogP contribution in [0.25, 0.3) is 0 Å². The van der Waals surface area contributed by atoms with E-state index in [0.717, 1.165) is 51.3 Å². The van der Waals surface area contributed by atoms with Crippen LogP contribution in [0.1, 0.15) is 35.2 Å². The fourth-order valence-electron chi connectivity index (χ4n) is 4.32. The van der Waals surface area contributed by atoms with Crippen LogP contribution in [0.3, 0.4) is 0 Å². The SMILES string of the molecule is Cc1cc(C(=O)NCC2CCN(CC3CCOC3)CC2)c2c(c1N)OCCO2. The molecule has 28 heavy (non-hydrogen) atoms. The number of nitrogen functional groups attached to an aromatic ring is 1. The number of likely N-dealkylation sites (tertiary alicyclic amines) is 1. The van der Waals surface area contributed by atoms with Gasteiger partial charge in [0.25, 0.3) is 5.91 Å². The molecule has 154 valence electrons. The number of ether oxygens (including phenoxy) is 3. The van der Waals surface area contributed by atoms with E-state index in [4.69, 9.17) is 19.9 Å². The summed E-state index contributed by atoms with van der Waals surface area (Å²) in [4.78, 5) is 15.3. The molecule has 2 saturated heterocycles. The molecule has 0 spiro atoms. The molecule has 2 fully saturated rings. The minimum Gasteiger partial charge on any atom is -0.485 e. The number of anilines is 1. The van der Waals surface area contributed by atoms with Gasteiger partial charge < -0.3 is 30.2 Å². The van der Waals surface area contributed by atoms with E-state index in [0.29, 0.717) is 54.3 Å². The maximum absolute atomic E-state index is 12.8. The highest BCUT2D eigenvalue weighted by molar-refractivity contribution is 5.99. The van der Waals surface area contributed by atoms with E-state index in [1.807, 2.05) is 6.92 Å². The van der Waals surface area contributed by atoms with Crippen LogP contribution in [0.15, 0.2) is 6.07 Å². The number of nitrogens with zero attached hydrogens (tertiary/aromatic N) is 1. The third kappa shape index (κ3) is 4.20. The molecule has 3 aliphatic rings. The van der Waals surface area contributed by atoms with Crippen LogP contribution in [-0.4, -0.2) is 63.4 Å².